The number of rotatable bonds is 4. The van der Waals surface area contributed by atoms with Crippen molar-refractivity contribution in [1.82, 2.24) is 10.2 Å². The van der Waals surface area contributed by atoms with Gasteiger partial charge >= 0.3 is 0 Å². The van der Waals surface area contributed by atoms with Gasteiger partial charge in [-0.15, -0.1) is 0 Å². The molecule has 18 heavy (non-hydrogen) atoms. The first kappa shape index (κ1) is 14.7. The van der Waals surface area contributed by atoms with Crippen molar-refractivity contribution in [3.05, 3.63) is 0 Å². The van der Waals surface area contributed by atoms with E-state index < -0.39 is 0 Å². The van der Waals surface area contributed by atoms with Crippen LogP contribution in [0.15, 0.2) is 0 Å². The highest BCUT2D eigenvalue weighted by molar-refractivity contribution is 7.99. The number of nitrogens with zero attached hydrogens (tertiary/aromatic N) is 1. The van der Waals surface area contributed by atoms with Gasteiger partial charge in [-0.3, -0.25) is 4.90 Å². The summed E-state index contributed by atoms with van der Waals surface area (Å²) in [5.74, 6) is 3.56. The molecular weight excluding hydrogens is 240 g/mol. The molecule has 0 spiro atoms. The summed E-state index contributed by atoms with van der Waals surface area (Å²) < 4.78 is 0. The molecule has 3 atom stereocenters. The molecule has 2 fully saturated rings. The molecular formula is C15H30N2S. The Bertz CT molecular complexity index is 239. The van der Waals surface area contributed by atoms with Crippen molar-refractivity contribution in [2.45, 2.75) is 64.6 Å². The second-order valence-corrected chi connectivity index (χ2v) is 7.51. The van der Waals surface area contributed by atoms with E-state index in [2.05, 4.69) is 42.7 Å². The van der Waals surface area contributed by atoms with Crippen LogP contribution in [0.4, 0.5) is 0 Å². The summed E-state index contributed by atoms with van der Waals surface area (Å²) in [6.07, 6.45) is 5.47. The molecule has 0 aromatic carbocycles. The summed E-state index contributed by atoms with van der Waals surface area (Å²) in [4.78, 5) is 2.84. The van der Waals surface area contributed by atoms with Crippen molar-refractivity contribution in [2.24, 2.45) is 5.92 Å². The number of piperazine rings is 1. The van der Waals surface area contributed by atoms with Crippen molar-refractivity contribution in [1.29, 1.82) is 0 Å². The lowest BCUT2D eigenvalue weighted by Gasteiger charge is -2.46. The van der Waals surface area contributed by atoms with E-state index in [1.165, 1.54) is 50.3 Å². The van der Waals surface area contributed by atoms with Crippen LogP contribution < -0.4 is 5.32 Å². The van der Waals surface area contributed by atoms with Crippen LogP contribution in [0.3, 0.4) is 0 Å². The van der Waals surface area contributed by atoms with Crippen LogP contribution >= 0.6 is 11.8 Å². The maximum absolute atomic E-state index is 3.77. The summed E-state index contributed by atoms with van der Waals surface area (Å²) in [7, 11) is 0. The second-order valence-electron chi connectivity index (χ2n) is 6.36. The van der Waals surface area contributed by atoms with Gasteiger partial charge in [0.05, 0.1) is 0 Å². The SMILES string of the molecule is CCC1CNC(CC(C)C)CN1C1CCCSC1. The van der Waals surface area contributed by atoms with Gasteiger partial charge in [-0.2, -0.15) is 11.8 Å². The maximum atomic E-state index is 3.77. The third-order valence-corrected chi connectivity index (χ3v) is 5.57. The summed E-state index contributed by atoms with van der Waals surface area (Å²) in [6.45, 7) is 9.51. The number of nitrogens with one attached hydrogen (secondary N) is 1. The monoisotopic (exact) mass is 270 g/mol. The standard InChI is InChI=1S/C15H30N2S/c1-4-14-9-16-13(8-12(2)3)10-17(14)15-6-5-7-18-11-15/h12-16H,4-11H2,1-3H3. The zero-order valence-electron chi connectivity index (χ0n) is 12.3. The molecule has 0 aromatic heterocycles. The van der Waals surface area contributed by atoms with Crippen molar-refractivity contribution in [2.75, 3.05) is 24.6 Å². The van der Waals surface area contributed by atoms with Crippen LogP contribution in [-0.4, -0.2) is 47.6 Å². The highest BCUT2D eigenvalue weighted by atomic mass is 32.2. The van der Waals surface area contributed by atoms with Gasteiger partial charge in [-0.05, 0) is 37.4 Å². The van der Waals surface area contributed by atoms with Gasteiger partial charge in [-0.25, -0.2) is 0 Å². The van der Waals surface area contributed by atoms with Gasteiger partial charge in [0.2, 0.25) is 0 Å². The molecule has 2 aliphatic heterocycles. The van der Waals surface area contributed by atoms with Gasteiger partial charge in [0.15, 0.2) is 0 Å². The third kappa shape index (κ3) is 3.88. The van der Waals surface area contributed by atoms with E-state index in [0.717, 1.165) is 24.0 Å². The smallest absolute Gasteiger partial charge is 0.0222 e. The lowest BCUT2D eigenvalue weighted by molar-refractivity contribution is 0.0773. The molecule has 0 bridgehead atoms. The van der Waals surface area contributed by atoms with Crippen molar-refractivity contribution in [3.63, 3.8) is 0 Å². The van der Waals surface area contributed by atoms with Crippen LogP contribution in [0.1, 0.15) is 46.5 Å². The minimum absolute atomic E-state index is 0.722. The van der Waals surface area contributed by atoms with Crippen LogP contribution in [0.25, 0.3) is 0 Å². The van der Waals surface area contributed by atoms with E-state index in [4.69, 9.17) is 0 Å². The zero-order valence-corrected chi connectivity index (χ0v) is 13.1. The Morgan fingerprint density at radius 2 is 2.22 bits per heavy atom. The average Bonchev–Trinajstić information content (AvgIpc) is 2.39. The number of hydrogen-bond acceptors (Lipinski definition) is 3. The Morgan fingerprint density at radius 3 is 2.83 bits per heavy atom. The molecule has 106 valence electrons. The first-order chi connectivity index (χ1) is 8.70. The fourth-order valence-corrected chi connectivity index (χ4v) is 4.59. The van der Waals surface area contributed by atoms with Gasteiger partial charge < -0.3 is 5.32 Å². The fourth-order valence-electron chi connectivity index (χ4n) is 3.43. The predicted molar refractivity (Wildman–Crippen MR) is 82.4 cm³/mol. The molecule has 3 heteroatoms. The molecule has 2 aliphatic rings. The van der Waals surface area contributed by atoms with E-state index >= 15 is 0 Å². The molecule has 0 aromatic rings. The van der Waals surface area contributed by atoms with E-state index in [1.54, 1.807) is 0 Å². The van der Waals surface area contributed by atoms with Crippen LogP contribution in [0.5, 0.6) is 0 Å². The third-order valence-electron chi connectivity index (χ3n) is 4.37. The lowest BCUT2D eigenvalue weighted by Crippen LogP contribution is -2.60. The quantitative estimate of drug-likeness (QED) is 0.845. The number of hydrogen-bond donors (Lipinski definition) is 1. The molecule has 0 radical (unpaired) electrons. The summed E-state index contributed by atoms with van der Waals surface area (Å²) in [5, 5.41) is 3.77. The minimum atomic E-state index is 0.722. The fraction of sp³-hybridized carbons (Fsp3) is 1.00. The van der Waals surface area contributed by atoms with Crippen molar-refractivity contribution >= 4 is 11.8 Å². The van der Waals surface area contributed by atoms with Gasteiger partial charge in [-0.1, -0.05) is 20.8 Å². The first-order valence-electron chi connectivity index (χ1n) is 7.77. The minimum Gasteiger partial charge on any atom is -0.311 e. The van der Waals surface area contributed by atoms with E-state index in [0.29, 0.717) is 0 Å². The van der Waals surface area contributed by atoms with E-state index in [9.17, 15) is 0 Å². The lowest BCUT2D eigenvalue weighted by atomic mass is 9.96. The highest BCUT2D eigenvalue weighted by Gasteiger charge is 2.32. The topological polar surface area (TPSA) is 15.3 Å². The Morgan fingerprint density at radius 1 is 1.39 bits per heavy atom. The van der Waals surface area contributed by atoms with Gasteiger partial charge in [0.25, 0.3) is 0 Å². The first-order valence-corrected chi connectivity index (χ1v) is 8.93. The molecule has 2 heterocycles. The molecule has 0 amide bonds. The van der Waals surface area contributed by atoms with Crippen LogP contribution in [-0.2, 0) is 0 Å². The average molecular weight is 270 g/mol. The Balaban J connectivity index is 1.93. The molecule has 2 saturated heterocycles. The zero-order chi connectivity index (χ0) is 13.0. The van der Waals surface area contributed by atoms with Crippen molar-refractivity contribution in [3.8, 4) is 0 Å². The van der Waals surface area contributed by atoms with E-state index in [1.807, 2.05) is 0 Å². The largest absolute Gasteiger partial charge is 0.311 e. The Hall–Kier alpha value is 0.270. The van der Waals surface area contributed by atoms with Crippen LogP contribution in [0, 0.1) is 5.92 Å². The predicted octanol–water partition coefficient (Wildman–Crippen LogP) is 2.98. The van der Waals surface area contributed by atoms with Crippen molar-refractivity contribution < 1.29 is 0 Å². The Kier molecular flexibility index (Phi) is 5.84. The summed E-state index contributed by atoms with van der Waals surface area (Å²) >= 11 is 2.16. The molecule has 0 saturated carbocycles. The van der Waals surface area contributed by atoms with Crippen LogP contribution in [0.2, 0.25) is 0 Å². The van der Waals surface area contributed by atoms with Gasteiger partial charge in [0.1, 0.15) is 0 Å². The summed E-state index contributed by atoms with van der Waals surface area (Å²) in [5.41, 5.74) is 0. The highest BCUT2D eigenvalue weighted by Crippen LogP contribution is 2.26. The maximum Gasteiger partial charge on any atom is 0.0222 e. The molecule has 2 nitrogen and oxygen atoms in total. The number of thioether (sulfide) groups is 1. The van der Waals surface area contributed by atoms with Gasteiger partial charge in [0, 0.05) is 37.0 Å². The molecule has 1 N–H and O–H groups in total. The molecule has 0 aliphatic carbocycles. The van der Waals surface area contributed by atoms with E-state index in [-0.39, 0.29) is 0 Å². The summed E-state index contributed by atoms with van der Waals surface area (Å²) in [6, 6.07) is 2.35. The molecule has 2 rings (SSSR count). The second kappa shape index (κ2) is 7.16. The normalized spacial score (nSPS) is 35.0. The molecule has 3 unspecified atom stereocenters. The Labute approximate surface area is 117 Å².